The lowest BCUT2D eigenvalue weighted by Crippen LogP contribution is -1.80. The van der Waals surface area contributed by atoms with Crippen molar-refractivity contribution in [3.8, 4) is 11.8 Å². The quantitative estimate of drug-likeness (QED) is 0.192. The van der Waals surface area contributed by atoms with Crippen LogP contribution in [0.4, 0.5) is 0 Å². The van der Waals surface area contributed by atoms with Crippen molar-refractivity contribution in [3.63, 3.8) is 0 Å². The second-order valence-electron chi connectivity index (χ2n) is 5.75. The molecule has 0 rings (SSSR count). The molecule has 0 aromatic carbocycles. The Bertz CT molecular complexity index is 325. The van der Waals surface area contributed by atoms with E-state index in [1.165, 1.54) is 19.3 Å². The van der Waals surface area contributed by atoms with E-state index in [1.807, 2.05) is 19.1 Å². The highest BCUT2D eigenvalue weighted by molar-refractivity contribution is 4.97. The van der Waals surface area contributed by atoms with Gasteiger partial charge in [0.2, 0.25) is 0 Å². The van der Waals surface area contributed by atoms with Crippen LogP contribution in [0.3, 0.4) is 0 Å². The van der Waals surface area contributed by atoms with Gasteiger partial charge in [0, 0.05) is 38.4 Å². The molecule has 0 unspecified atom stereocenters. The summed E-state index contributed by atoms with van der Waals surface area (Å²) >= 11 is 0. The first kappa shape index (κ1) is 34.4. The summed E-state index contributed by atoms with van der Waals surface area (Å²) in [5.74, 6) is 5.62. The van der Waals surface area contributed by atoms with E-state index in [9.17, 15) is 0 Å². The molecule has 0 aromatic rings. The van der Waals surface area contributed by atoms with Crippen LogP contribution in [0.25, 0.3) is 0 Å². The van der Waals surface area contributed by atoms with E-state index in [0.29, 0.717) is 13.0 Å². The van der Waals surface area contributed by atoms with Crippen LogP contribution in [-0.4, -0.2) is 46.9 Å². The molecule has 0 aromatic heterocycles. The van der Waals surface area contributed by atoms with Gasteiger partial charge in [-0.05, 0) is 32.1 Å². The van der Waals surface area contributed by atoms with E-state index in [2.05, 4.69) is 44.8 Å². The van der Waals surface area contributed by atoms with E-state index in [4.69, 9.17) is 20.4 Å². The summed E-state index contributed by atoms with van der Waals surface area (Å²) in [6.45, 7) is 9.41. The average Bonchev–Trinajstić information content (AvgIpc) is 2.71. The Hall–Kier alpha value is -1.12. The summed E-state index contributed by atoms with van der Waals surface area (Å²) in [7, 11) is 0. The molecule has 0 saturated carbocycles. The SMILES string of the molecule is CC/C=C/CCO.CC/C=C\CCO.CCC#CCCO.CCCCCCO.[HH].[HH].[HH].[HH]. The molecular formula is C24H56O4. The fourth-order valence-corrected chi connectivity index (χ4v) is 1.53. The molecule has 0 aliphatic carbocycles. The lowest BCUT2D eigenvalue weighted by molar-refractivity contribution is 0.283. The normalized spacial score (nSPS) is 9.43. The van der Waals surface area contributed by atoms with Crippen LogP contribution in [0.5, 0.6) is 0 Å². The van der Waals surface area contributed by atoms with Gasteiger partial charge < -0.3 is 20.4 Å². The molecule has 0 spiro atoms. The molecule has 0 aliphatic heterocycles. The predicted molar refractivity (Wildman–Crippen MR) is 132 cm³/mol. The third-order valence-corrected chi connectivity index (χ3v) is 2.95. The number of aliphatic hydroxyl groups excluding tert-OH is 4. The molecule has 176 valence electrons. The maximum atomic E-state index is 8.29. The molecule has 4 N–H and O–H groups in total. The van der Waals surface area contributed by atoms with Crippen molar-refractivity contribution in [3.05, 3.63) is 24.3 Å². The highest BCUT2D eigenvalue weighted by Gasteiger charge is 1.81. The molecule has 4 heteroatoms. The fraction of sp³-hybridized carbons (Fsp3) is 0.750. The Morgan fingerprint density at radius 1 is 0.607 bits per heavy atom. The van der Waals surface area contributed by atoms with Crippen molar-refractivity contribution < 1.29 is 26.1 Å². The van der Waals surface area contributed by atoms with Crippen LogP contribution in [0.1, 0.15) is 97.6 Å². The summed E-state index contributed by atoms with van der Waals surface area (Å²) in [6, 6.07) is 0. The maximum Gasteiger partial charge on any atom is 0.0540 e. The number of allylic oxidation sites excluding steroid dienone is 2. The van der Waals surface area contributed by atoms with Crippen LogP contribution in [0.2, 0.25) is 0 Å². The molecular weight excluding hydrogens is 352 g/mol. The second-order valence-corrected chi connectivity index (χ2v) is 5.75. The van der Waals surface area contributed by atoms with Crippen LogP contribution < -0.4 is 0 Å². The molecule has 0 aliphatic rings. The zero-order valence-corrected chi connectivity index (χ0v) is 19.0. The minimum atomic E-state index is 0. The van der Waals surface area contributed by atoms with Crippen molar-refractivity contribution in [1.82, 2.24) is 0 Å². The van der Waals surface area contributed by atoms with E-state index in [-0.39, 0.29) is 25.5 Å². The highest BCUT2D eigenvalue weighted by atomic mass is 16.3. The van der Waals surface area contributed by atoms with Gasteiger partial charge in [-0.3, -0.25) is 0 Å². The lowest BCUT2D eigenvalue weighted by atomic mass is 10.2. The van der Waals surface area contributed by atoms with Gasteiger partial charge in [0.1, 0.15) is 0 Å². The molecule has 0 saturated heterocycles. The van der Waals surface area contributed by atoms with E-state index >= 15 is 0 Å². The second kappa shape index (κ2) is 44.9. The standard InChI is InChI=1S/C6H14O.2C6H12O.C6H10O.4H2/c4*1-2-3-4-5-6-7;;;;/h7H,2-6H2,1H3;2*3-4,7H,2,5-6H2,1H3;7H,2,5-6H2,1H3;4*1H/b;4-3+;4-3-;;;;;. The molecule has 0 fully saturated rings. The summed E-state index contributed by atoms with van der Waals surface area (Å²) in [4.78, 5) is 0. The van der Waals surface area contributed by atoms with Gasteiger partial charge in [-0.2, -0.15) is 0 Å². The Labute approximate surface area is 181 Å². The Kier molecular flexibility index (Phi) is 55.2. The van der Waals surface area contributed by atoms with Gasteiger partial charge in [-0.15, -0.1) is 11.8 Å². The monoisotopic (exact) mass is 408 g/mol. The molecule has 0 heterocycles. The first-order valence-electron chi connectivity index (χ1n) is 10.9. The lowest BCUT2D eigenvalue weighted by Gasteiger charge is -1.90. The van der Waals surface area contributed by atoms with Gasteiger partial charge in [0.25, 0.3) is 0 Å². The summed E-state index contributed by atoms with van der Waals surface area (Å²) < 4.78 is 0. The van der Waals surface area contributed by atoms with Crippen molar-refractivity contribution >= 4 is 0 Å². The van der Waals surface area contributed by atoms with Crippen molar-refractivity contribution in [1.29, 1.82) is 0 Å². The number of rotatable bonds is 11. The van der Waals surface area contributed by atoms with E-state index < -0.39 is 0 Å². The van der Waals surface area contributed by atoms with Gasteiger partial charge in [-0.1, -0.05) is 71.3 Å². The zero-order chi connectivity index (χ0) is 22.1. The van der Waals surface area contributed by atoms with Gasteiger partial charge >= 0.3 is 0 Å². The number of hydrogen-bond donors (Lipinski definition) is 4. The molecule has 28 heavy (non-hydrogen) atoms. The molecule has 4 nitrogen and oxygen atoms in total. The van der Waals surface area contributed by atoms with Crippen molar-refractivity contribution in [2.75, 3.05) is 26.4 Å². The molecule has 0 radical (unpaired) electrons. The van der Waals surface area contributed by atoms with Crippen molar-refractivity contribution in [2.24, 2.45) is 0 Å². The highest BCUT2D eigenvalue weighted by Crippen LogP contribution is 1.96. The van der Waals surface area contributed by atoms with Crippen LogP contribution >= 0.6 is 0 Å². The fourth-order valence-electron chi connectivity index (χ4n) is 1.53. The first-order valence-corrected chi connectivity index (χ1v) is 10.9. The van der Waals surface area contributed by atoms with Crippen LogP contribution in [0.15, 0.2) is 24.3 Å². The van der Waals surface area contributed by atoms with Crippen LogP contribution in [-0.2, 0) is 0 Å². The predicted octanol–water partition coefficient (Wildman–Crippen LogP) is 6.00. The summed E-state index contributed by atoms with van der Waals surface area (Å²) in [5.41, 5.74) is 0. The van der Waals surface area contributed by atoms with Gasteiger partial charge in [0.05, 0.1) is 6.61 Å². The number of unbranched alkanes of at least 4 members (excludes halogenated alkanes) is 3. The van der Waals surface area contributed by atoms with E-state index in [1.54, 1.807) is 0 Å². The maximum absolute atomic E-state index is 8.29. The minimum Gasteiger partial charge on any atom is -0.396 e. The van der Waals surface area contributed by atoms with Crippen molar-refractivity contribution in [2.45, 2.75) is 91.9 Å². The van der Waals surface area contributed by atoms with Gasteiger partial charge in [0.15, 0.2) is 0 Å². The smallest absolute Gasteiger partial charge is 0.0540 e. The minimum absolute atomic E-state index is 0. The summed E-state index contributed by atoms with van der Waals surface area (Å²) in [6.07, 6.45) is 18.0. The number of aliphatic hydroxyl groups is 4. The topological polar surface area (TPSA) is 80.9 Å². The molecule has 0 bridgehead atoms. The Morgan fingerprint density at radius 2 is 1.14 bits per heavy atom. The third kappa shape index (κ3) is 64.1. The Morgan fingerprint density at radius 3 is 1.46 bits per heavy atom. The zero-order valence-electron chi connectivity index (χ0n) is 19.0. The first-order chi connectivity index (χ1) is 13.7. The van der Waals surface area contributed by atoms with E-state index in [0.717, 1.165) is 38.5 Å². The Balaban J connectivity index is -0.0000000384. The summed E-state index contributed by atoms with van der Waals surface area (Å²) in [5, 5.41) is 33.0. The largest absolute Gasteiger partial charge is 0.396 e. The molecule has 0 atom stereocenters. The molecule has 0 amide bonds. The third-order valence-electron chi connectivity index (χ3n) is 2.95. The van der Waals surface area contributed by atoms with Gasteiger partial charge in [-0.25, -0.2) is 0 Å². The average molecular weight is 409 g/mol. The number of hydrogen-bond acceptors (Lipinski definition) is 4. The van der Waals surface area contributed by atoms with Crippen LogP contribution in [0, 0.1) is 11.8 Å².